The van der Waals surface area contributed by atoms with Crippen molar-refractivity contribution < 1.29 is 14.3 Å². The Bertz CT molecular complexity index is 1040. The van der Waals surface area contributed by atoms with Crippen molar-refractivity contribution in [3.8, 4) is 5.75 Å². The monoisotopic (exact) mass is 457 g/mol. The second-order valence-electron chi connectivity index (χ2n) is 5.49. The molecule has 0 aliphatic heterocycles. The average molecular weight is 459 g/mol. The van der Waals surface area contributed by atoms with Crippen LogP contribution in [-0.4, -0.2) is 23.1 Å². The molecule has 0 aliphatic carbocycles. The normalized spacial score (nSPS) is 10.6. The van der Waals surface area contributed by atoms with E-state index in [1.165, 1.54) is 18.6 Å². The number of nitrogens with one attached hydrogen (secondary N) is 1. The van der Waals surface area contributed by atoms with Gasteiger partial charge in [-0.05, 0) is 42.5 Å². The molecule has 0 fully saturated rings. The Labute approximate surface area is 174 Å². The maximum atomic E-state index is 12.4. The van der Waals surface area contributed by atoms with Crippen molar-refractivity contribution in [1.82, 2.24) is 10.4 Å². The summed E-state index contributed by atoms with van der Waals surface area (Å²) in [5.41, 5.74) is 3.58. The van der Waals surface area contributed by atoms with Crippen molar-refractivity contribution >= 4 is 45.6 Å². The first-order valence-corrected chi connectivity index (χ1v) is 9.21. The fourth-order valence-corrected chi connectivity index (χ4v) is 2.81. The smallest absolute Gasteiger partial charge is 0.345 e. The molecule has 0 aliphatic rings. The van der Waals surface area contributed by atoms with Gasteiger partial charge in [-0.1, -0.05) is 39.7 Å². The summed E-state index contributed by atoms with van der Waals surface area (Å²) in [6.45, 7) is 0. The van der Waals surface area contributed by atoms with Crippen molar-refractivity contribution in [2.24, 2.45) is 5.10 Å². The highest BCUT2D eigenvalue weighted by Crippen LogP contribution is 2.24. The molecule has 8 heteroatoms. The fourth-order valence-electron chi connectivity index (χ4n) is 2.22. The maximum absolute atomic E-state index is 12.4. The third-order valence-electron chi connectivity index (χ3n) is 3.58. The van der Waals surface area contributed by atoms with Gasteiger partial charge in [0, 0.05) is 28.0 Å². The molecule has 1 aromatic heterocycles. The van der Waals surface area contributed by atoms with E-state index < -0.39 is 5.97 Å². The third kappa shape index (κ3) is 5.03. The van der Waals surface area contributed by atoms with E-state index in [1.807, 2.05) is 0 Å². The SMILES string of the molecule is O=C(N/N=C/c1cc(Br)ccc1OC(=O)c1ccccc1Cl)c1ccncc1. The first-order valence-electron chi connectivity index (χ1n) is 8.04. The number of carbonyl (C=O) groups is 2. The number of esters is 1. The first-order chi connectivity index (χ1) is 13.5. The lowest BCUT2D eigenvalue weighted by molar-refractivity contribution is 0.0734. The van der Waals surface area contributed by atoms with Gasteiger partial charge in [-0.15, -0.1) is 0 Å². The molecule has 0 unspecified atom stereocenters. The van der Waals surface area contributed by atoms with Crippen LogP contribution in [0, 0.1) is 0 Å². The summed E-state index contributed by atoms with van der Waals surface area (Å²) in [5, 5.41) is 4.23. The van der Waals surface area contributed by atoms with Crippen LogP contribution in [0.4, 0.5) is 0 Å². The van der Waals surface area contributed by atoms with Crippen molar-refractivity contribution in [2.75, 3.05) is 0 Å². The lowest BCUT2D eigenvalue weighted by Gasteiger charge is -2.09. The molecular weight excluding hydrogens is 446 g/mol. The highest BCUT2D eigenvalue weighted by atomic mass is 79.9. The van der Waals surface area contributed by atoms with Gasteiger partial charge in [0.1, 0.15) is 5.75 Å². The molecule has 0 saturated carbocycles. The van der Waals surface area contributed by atoms with E-state index in [4.69, 9.17) is 16.3 Å². The summed E-state index contributed by atoms with van der Waals surface area (Å²) in [6.07, 6.45) is 4.41. The summed E-state index contributed by atoms with van der Waals surface area (Å²) in [5.74, 6) is -0.707. The van der Waals surface area contributed by atoms with Crippen LogP contribution in [0.5, 0.6) is 5.75 Å². The molecule has 1 N–H and O–H groups in total. The van der Waals surface area contributed by atoms with E-state index in [-0.39, 0.29) is 17.2 Å². The first kappa shape index (κ1) is 19.7. The molecule has 3 aromatic rings. The lowest BCUT2D eigenvalue weighted by Crippen LogP contribution is -2.17. The summed E-state index contributed by atoms with van der Waals surface area (Å²) in [7, 11) is 0. The van der Waals surface area contributed by atoms with Gasteiger partial charge >= 0.3 is 5.97 Å². The predicted molar refractivity (Wildman–Crippen MR) is 110 cm³/mol. The zero-order valence-electron chi connectivity index (χ0n) is 14.3. The summed E-state index contributed by atoms with van der Waals surface area (Å²) in [4.78, 5) is 28.3. The lowest BCUT2D eigenvalue weighted by atomic mass is 10.2. The van der Waals surface area contributed by atoms with Crippen LogP contribution in [0.1, 0.15) is 26.3 Å². The topological polar surface area (TPSA) is 80.6 Å². The summed E-state index contributed by atoms with van der Waals surface area (Å²) < 4.78 is 6.21. The molecule has 1 amide bonds. The number of nitrogens with zero attached hydrogens (tertiary/aromatic N) is 2. The molecule has 0 saturated heterocycles. The third-order valence-corrected chi connectivity index (χ3v) is 4.40. The number of ether oxygens (including phenoxy) is 1. The maximum Gasteiger partial charge on any atom is 0.345 e. The fraction of sp³-hybridized carbons (Fsp3) is 0. The number of carbonyl (C=O) groups excluding carboxylic acids is 2. The van der Waals surface area contributed by atoms with Gasteiger partial charge < -0.3 is 4.74 Å². The van der Waals surface area contributed by atoms with Crippen molar-refractivity contribution in [3.05, 3.63) is 93.2 Å². The molecular formula is C20H13BrClN3O3. The number of halogens is 2. The van der Waals surface area contributed by atoms with E-state index in [9.17, 15) is 9.59 Å². The number of hydrazone groups is 1. The van der Waals surface area contributed by atoms with Gasteiger partial charge in [-0.3, -0.25) is 9.78 Å². The number of hydrogen-bond acceptors (Lipinski definition) is 5. The van der Waals surface area contributed by atoms with Gasteiger partial charge in [-0.2, -0.15) is 5.10 Å². The van der Waals surface area contributed by atoms with Crippen LogP contribution in [0.3, 0.4) is 0 Å². The highest BCUT2D eigenvalue weighted by molar-refractivity contribution is 9.10. The van der Waals surface area contributed by atoms with Crippen LogP contribution >= 0.6 is 27.5 Å². The van der Waals surface area contributed by atoms with Gasteiger partial charge in [0.05, 0.1) is 16.8 Å². The number of pyridine rings is 1. The van der Waals surface area contributed by atoms with Crippen LogP contribution in [-0.2, 0) is 0 Å². The van der Waals surface area contributed by atoms with Gasteiger partial charge in [0.15, 0.2) is 0 Å². The van der Waals surface area contributed by atoms with Crippen LogP contribution in [0.25, 0.3) is 0 Å². The van der Waals surface area contributed by atoms with E-state index in [0.29, 0.717) is 16.1 Å². The van der Waals surface area contributed by atoms with Crippen LogP contribution in [0.2, 0.25) is 5.02 Å². The Hall–Kier alpha value is -3.03. The molecule has 6 nitrogen and oxygen atoms in total. The standard InChI is InChI=1S/C20H13BrClN3O3/c21-15-5-6-18(28-20(27)16-3-1-2-4-17(16)22)14(11-15)12-24-25-19(26)13-7-9-23-10-8-13/h1-12H,(H,25,26)/b24-12+. The number of aromatic nitrogens is 1. The average Bonchev–Trinajstić information content (AvgIpc) is 2.70. The Morgan fingerprint density at radius 1 is 1.11 bits per heavy atom. The quantitative estimate of drug-likeness (QED) is 0.264. The predicted octanol–water partition coefficient (Wildman–Crippen LogP) is 4.48. The Morgan fingerprint density at radius 3 is 2.61 bits per heavy atom. The summed E-state index contributed by atoms with van der Waals surface area (Å²) >= 11 is 9.40. The highest BCUT2D eigenvalue weighted by Gasteiger charge is 2.14. The molecule has 140 valence electrons. The largest absolute Gasteiger partial charge is 0.422 e. The minimum absolute atomic E-state index is 0.251. The van der Waals surface area contributed by atoms with Gasteiger partial charge in [0.25, 0.3) is 5.91 Å². The van der Waals surface area contributed by atoms with E-state index >= 15 is 0 Å². The molecule has 0 radical (unpaired) electrons. The molecule has 3 rings (SSSR count). The molecule has 2 aromatic carbocycles. The molecule has 1 heterocycles. The van der Waals surface area contributed by atoms with E-state index in [1.54, 1.807) is 54.6 Å². The number of amides is 1. The van der Waals surface area contributed by atoms with Crippen LogP contribution < -0.4 is 10.2 Å². The van der Waals surface area contributed by atoms with Gasteiger partial charge in [0.2, 0.25) is 0 Å². The van der Waals surface area contributed by atoms with Crippen LogP contribution in [0.15, 0.2) is 76.6 Å². The van der Waals surface area contributed by atoms with Gasteiger partial charge in [-0.25, -0.2) is 10.2 Å². The summed E-state index contributed by atoms with van der Waals surface area (Å²) in [6, 6.07) is 14.8. The molecule has 0 atom stereocenters. The minimum atomic E-state index is -0.594. The second kappa shape index (κ2) is 9.25. The zero-order valence-corrected chi connectivity index (χ0v) is 16.6. The molecule has 28 heavy (non-hydrogen) atoms. The van der Waals surface area contributed by atoms with Crippen molar-refractivity contribution in [1.29, 1.82) is 0 Å². The van der Waals surface area contributed by atoms with Crippen molar-refractivity contribution in [3.63, 3.8) is 0 Å². The molecule has 0 spiro atoms. The number of benzene rings is 2. The second-order valence-corrected chi connectivity index (χ2v) is 6.81. The zero-order chi connectivity index (χ0) is 19.9. The number of hydrogen-bond donors (Lipinski definition) is 1. The molecule has 0 bridgehead atoms. The Morgan fingerprint density at radius 2 is 1.86 bits per heavy atom. The van der Waals surface area contributed by atoms with Crippen molar-refractivity contribution in [2.45, 2.75) is 0 Å². The Kier molecular flexibility index (Phi) is 6.52. The number of rotatable bonds is 5. The van der Waals surface area contributed by atoms with E-state index in [2.05, 4.69) is 31.4 Å². The Balaban J connectivity index is 1.76. The van der Waals surface area contributed by atoms with E-state index in [0.717, 1.165) is 4.47 Å². The minimum Gasteiger partial charge on any atom is -0.422 e.